The summed E-state index contributed by atoms with van der Waals surface area (Å²) >= 11 is 6.09. The maximum Gasteiger partial charge on any atom is 0.203 e. The molecule has 0 radical (unpaired) electrons. The maximum absolute atomic E-state index is 6.09. The summed E-state index contributed by atoms with van der Waals surface area (Å²) in [7, 11) is 0. The summed E-state index contributed by atoms with van der Waals surface area (Å²) in [6, 6.07) is 7.98. The molecule has 0 saturated carbocycles. The zero-order valence-electron chi connectivity index (χ0n) is 11.3. The number of aryl methyl sites for hydroxylation is 1. The van der Waals surface area contributed by atoms with Gasteiger partial charge in [-0.25, -0.2) is 4.98 Å². The van der Waals surface area contributed by atoms with Crippen LogP contribution in [0.5, 0.6) is 0 Å². The first kappa shape index (κ1) is 13.2. The van der Waals surface area contributed by atoms with Crippen LogP contribution in [0.3, 0.4) is 0 Å². The minimum atomic E-state index is 0.372. The average molecular weight is 290 g/mol. The lowest BCUT2D eigenvalue weighted by atomic mass is 10.2. The first-order valence-corrected chi connectivity index (χ1v) is 7.05. The van der Waals surface area contributed by atoms with Crippen LogP contribution >= 0.6 is 11.6 Å². The molecule has 0 aliphatic heterocycles. The lowest BCUT2D eigenvalue weighted by Crippen LogP contribution is -2.00. The van der Waals surface area contributed by atoms with Gasteiger partial charge < -0.3 is 14.7 Å². The number of hydrogen-bond acceptors (Lipinski definition) is 3. The van der Waals surface area contributed by atoms with Crippen molar-refractivity contribution in [3.63, 3.8) is 0 Å². The van der Waals surface area contributed by atoms with Crippen molar-refractivity contribution in [3.8, 4) is 11.4 Å². The van der Waals surface area contributed by atoms with E-state index in [1.54, 1.807) is 6.26 Å². The largest absolute Gasteiger partial charge is 0.452 e. The Morgan fingerprint density at radius 1 is 1.35 bits per heavy atom. The van der Waals surface area contributed by atoms with Gasteiger partial charge in [-0.1, -0.05) is 13.0 Å². The van der Waals surface area contributed by atoms with E-state index >= 15 is 0 Å². The van der Waals surface area contributed by atoms with Gasteiger partial charge in [0.25, 0.3) is 0 Å². The van der Waals surface area contributed by atoms with Crippen LogP contribution in [-0.4, -0.2) is 9.55 Å². The third-order valence-electron chi connectivity index (χ3n) is 3.35. The maximum atomic E-state index is 6.09. The van der Waals surface area contributed by atoms with Crippen LogP contribution < -0.4 is 5.73 Å². The van der Waals surface area contributed by atoms with E-state index in [1.165, 1.54) is 0 Å². The molecule has 0 saturated heterocycles. The fourth-order valence-corrected chi connectivity index (χ4v) is 2.61. The number of nitrogens with zero attached hydrogens (tertiary/aromatic N) is 2. The normalized spacial score (nSPS) is 11.3. The number of benzene rings is 1. The van der Waals surface area contributed by atoms with Crippen LogP contribution in [-0.2, 0) is 13.1 Å². The van der Waals surface area contributed by atoms with Crippen molar-refractivity contribution >= 4 is 22.6 Å². The molecule has 2 N–H and O–H groups in total. The molecule has 0 aliphatic rings. The molecule has 1 aromatic carbocycles. The Balaban J connectivity index is 2.25. The van der Waals surface area contributed by atoms with Crippen molar-refractivity contribution in [3.05, 3.63) is 41.3 Å². The summed E-state index contributed by atoms with van der Waals surface area (Å²) in [6.45, 7) is 3.54. The van der Waals surface area contributed by atoms with E-state index in [1.807, 2.05) is 18.2 Å². The Morgan fingerprint density at radius 3 is 2.85 bits per heavy atom. The van der Waals surface area contributed by atoms with E-state index in [2.05, 4.69) is 17.6 Å². The summed E-state index contributed by atoms with van der Waals surface area (Å²) in [5, 5.41) is 0.372. The second-order valence-corrected chi connectivity index (χ2v) is 5.07. The first-order chi connectivity index (χ1) is 9.74. The van der Waals surface area contributed by atoms with E-state index in [-0.39, 0.29) is 0 Å². The average Bonchev–Trinajstić information content (AvgIpc) is 3.02. The molecular weight excluding hydrogens is 274 g/mol. The van der Waals surface area contributed by atoms with Crippen LogP contribution in [0.1, 0.15) is 18.9 Å². The van der Waals surface area contributed by atoms with Crippen LogP contribution in [0.25, 0.3) is 22.4 Å². The third kappa shape index (κ3) is 2.11. The monoisotopic (exact) mass is 289 g/mol. The molecule has 2 heterocycles. The first-order valence-electron chi connectivity index (χ1n) is 6.67. The molecule has 20 heavy (non-hydrogen) atoms. The summed E-state index contributed by atoms with van der Waals surface area (Å²) in [5.41, 5.74) is 9.62. The van der Waals surface area contributed by atoms with Gasteiger partial charge in [0.2, 0.25) is 5.22 Å². The molecule has 2 aromatic heterocycles. The van der Waals surface area contributed by atoms with Gasteiger partial charge >= 0.3 is 0 Å². The number of hydrogen-bond donors (Lipinski definition) is 1. The zero-order valence-corrected chi connectivity index (χ0v) is 12.0. The van der Waals surface area contributed by atoms with E-state index in [4.69, 9.17) is 26.7 Å². The van der Waals surface area contributed by atoms with Crippen molar-refractivity contribution in [2.45, 2.75) is 26.4 Å². The number of imidazole rings is 1. The quantitative estimate of drug-likeness (QED) is 0.794. The van der Waals surface area contributed by atoms with E-state index in [0.717, 1.165) is 41.0 Å². The number of nitrogens with two attached hydrogens (primary N) is 1. The molecule has 5 heteroatoms. The van der Waals surface area contributed by atoms with Crippen molar-refractivity contribution in [1.29, 1.82) is 0 Å². The van der Waals surface area contributed by atoms with Crippen molar-refractivity contribution < 1.29 is 4.42 Å². The zero-order chi connectivity index (χ0) is 14.1. The van der Waals surface area contributed by atoms with Crippen LogP contribution in [0, 0.1) is 0 Å². The van der Waals surface area contributed by atoms with Crippen molar-refractivity contribution in [1.82, 2.24) is 9.55 Å². The highest BCUT2D eigenvalue weighted by Crippen LogP contribution is 2.31. The number of rotatable bonds is 4. The summed E-state index contributed by atoms with van der Waals surface area (Å²) in [4.78, 5) is 4.71. The second kappa shape index (κ2) is 5.31. The van der Waals surface area contributed by atoms with Gasteiger partial charge in [0.15, 0.2) is 0 Å². The molecule has 0 aliphatic carbocycles. The highest BCUT2D eigenvalue weighted by Gasteiger charge is 2.16. The van der Waals surface area contributed by atoms with Crippen LogP contribution in [0.15, 0.2) is 34.9 Å². The molecule has 4 nitrogen and oxygen atoms in total. The van der Waals surface area contributed by atoms with E-state index in [0.29, 0.717) is 11.8 Å². The molecule has 0 unspecified atom stereocenters. The summed E-state index contributed by atoms with van der Waals surface area (Å²) < 4.78 is 7.36. The van der Waals surface area contributed by atoms with Crippen molar-refractivity contribution in [2.24, 2.45) is 5.73 Å². The van der Waals surface area contributed by atoms with Gasteiger partial charge in [0.05, 0.1) is 22.9 Å². The highest BCUT2D eigenvalue weighted by molar-refractivity contribution is 6.31. The number of furan rings is 1. The number of fused-ring (bicyclic) bond motifs is 1. The fraction of sp³-hybridized carbons (Fsp3) is 0.267. The Morgan fingerprint density at radius 2 is 2.20 bits per heavy atom. The minimum Gasteiger partial charge on any atom is -0.452 e. The third-order valence-corrected chi connectivity index (χ3v) is 3.65. The van der Waals surface area contributed by atoms with Crippen LogP contribution in [0.2, 0.25) is 5.22 Å². The Bertz CT molecular complexity index is 745. The summed E-state index contributed by atoms with van der Waals surface area (Å²) in [6.07, 6.45) is 2.60. The molecule has 104 valence electrons. The van der Waals surface area contributed by atoms with Gasteiger partial charge in [-0.15, -0.1) is 0 Å². The Hall–Kier alpha value is -1.78. The SMILES string of the molecule is CCCn1c(-c2ccoc2Cl)nc2cc(CN)ccc21. The van der Waals surface area contributed by atoms with E-state index < -0.39 is 0 Å². The topological polar surface area (TPSA) is 57.0 Å². The lowest BCUT2D eigenvalue weighted by Gasteiger charge is -2.06. The standard InChI is InChI=1S/C15H16ClN3O/c1-2-6-19-13-4-3-10(9-17)8-12(13)18-15(19)11-5-7-20-14(11)16/h3-5,7-8H,2,6,9,17H2,1H3. The predicted octanol–water partition coefficient (Wildman–Crippen LogP) is 3.82. The molecule has 0 amide bonds. The molecule has 0 atom stereocenters. The van der Waals surface area contributed by atoms with Crippen LogP contribution in [0.4, 0.5) is 0 Å². The van der Waals surface area contributed by atoms with Gasteiger partial charge in [-0.05, 0) is 41.8 Å². The number of aromatic nitrogens is 2. The summed E-state index contributed by atoms with van der Waals surface area (Å²) in [5.74, 6) is 0.842. The van der Waals surface area contributed by atoms with Gasteiger partial charge in [0.1, 0.15) is 5.82 Å². The smallest absolute Gasteiger partial charge is 0.203 e. The number of halogens is 1. The molecule has 0 spiro atoms. The molecular formula is C15H16ClN3O. The molecule has 0 bridgehead atoms. The predicted molar refractivity (Wildman–Crippen MR) is 80.6 cm³/mol. The lowest BCUT2D eigenvalue weighted by molar-refractivity contribution is 0.569. The molecule has 3 rings (SSSR count). The van der Waals surface area contributed by atoms with Gasteiger partial charge in [0, 0.05) is 13.1 Å². The fourth-order valence-electron chi connectivity index (χ4n) is 2.41. The highest BCUT2D eigenvalue weighted by atomic mass is 35.5. The Kier molecular flexibility index (Phi) is 3.51. The molecule has 3 aromatic rings. The van der Waals surface area contributed by atoms with Crippen molar-refractivity contribution in [2.75, 3.05) is 0 Å². The molecule has 0 fully saturated rings. The van der Waals surface area contributed by atoms with Gasteiger partial charge in [-0.3, -0.25) is 0 Å². The second-order valence-electron chi connectivity index (χ2n) is 4.72. The van der Waals surface area contributed by atoms with E-state index in [9.17, 15) is 0 Å². The Labute approximate surface area is 122 Å². The minimum absolute atomic E-state index is 0.372. The van der Waals surface area contributed by atoms with Gasteiger partial charge in [-0.2, -0.15) is 0 Å².